The first-order valence-electron chi connectivity index (χ1n) is 9.96. The van der Waals surface area contributed by atoms with Gasteiger partial charge in [-0.15, -0.1) is 0 Å². The third-order valence-electron chi connectivity index (χ3n) is 5.59. The summed E-state index contributed by atoms with van der Waals surface area (Å²) in [6.45, 7) is 9.08. The Morgan fingerprint density at radius 3 is 2.50 bits per heavy atom. The van der Waals surface area contributed by atoms with Gasteiger partial charge in [0, 0.05) is 24.1 Å². The Kier molecular flexibility index (Phi) is 4.18. The molecule has 3 aliphatic rings. The maximum atomic E-state index is 13.5. The molecule has 2 heterocycles. The predicted molar refractivity (Wildman–Crippen MR) is 110 cm³/mol. The van der Waals surface area contributed by atoms with Crippen molar-refractivity contribution in [3.63, 3.8) is 0 Å². The summed E-state index contributed by atoms with van der Waals surface area (Å²) in [5.74, 6) is -1.39. The first-order valence-corrected chi connectivity index (χ1v) is 9.96. The number of ether oxygens (including phenoxy) is 2. The van der Waals surface area contributed by atoms with Crippen LogP contribution >= 0.6 is 0 Å². The van der Waals surface area contributed by atoms with Crippen molar-refractivity contribution >= 4 is 23.3 Å². The molecule has 0 bridgehead atoms. The number of esters is 1. The average Bonchev–Trinajstić information content (AvgIpc) is 2.84. The Morgan fingerprint density at radius 1 is 1.17 bits per heavy atom. The molecule has 7 heteroatoms. The highest BCUT2D eigenvalue weighted by Gasteiger charge is 2.62. The van der Waals surface area contributed by atoms with E-state index in [1.165, 1.54) is 0 Å². The highest BCUT2D eigenvalue weighted by molar-refractivity contribution is 6.22. The topological polar surface area (TPSA) is 108 Å². The maximum absolute atomic E-state index is 13.5. The number of Topliss-reactive ketones (excluding diaryl/α,β-unsaturated/α-hetero) is 1. The predicted octanol–water partition coefficient (Wildman–Crippen LogP) is 3.06. The van der Waals surface area contributed by atoms with E-state index in [2.05, 4.69) is 5.32 Å². The zero-order chi connectivity index (χ0) is 22.1. The van der Waals surface area contributed by atoms with Crippen LogP contribution in [0.1, 0.15) is 53.0 Å². The highest BCUT2D eigenvalue weighted by Crippen LogP contribution is 2.56. The quantitative estimate of drug-likeness (QED) is 0.689. The molecule has 2 aliphatic heterocycles. The maximum Gasteiger partial charge on any atom is 0.341 e. The molecular formula is C23H26N2O5. The molecule has 0 saturated carbocycles. The fraction of sp³-hybridized carbons (Fsp3) is 0.435. The molecule has 1 spiro atoms. The van der Waals surface area contributed by atoms with Crippen molar-refractivity contribution in [2.24, 2.45) is 11.1 Å². The van der Waals surface area contributed by atoms with Gasteiger partial charge in [0.05, 0.1) is 5.57 Å². The number of hydrogen-bond acceptors (Lipinski definition) is 6. The highest BCUT2D eigenvalue weighted by atomic mass is 16.6. The number of nitrogens with two attached hydrogens (primary N) is 1. The van der Waals surface area contributed by atoms with E-state index in [-0.39, 0.29) is 34.6 Å². The van der Waals surface area contributed by atoms with Crippen molar-refractivity contribution in [3.05, 3.63) is 52.6 Å². The van der Waals surface area contributed by atoms with Crippen LogP contribution in [0.15, 0.2) is 47.1 Å². The van der Waals surface area contributed by atoms with Gasteiger partial charge in [-0.05, 0) is 32.3 Å². The summed E-state index contributed by atoms with van der Waals surface area (Å²) < 4.78 is 11.4. The second-order valence-corrected chi connectivity index (χ2v) is 9.83. The van der Waals surface area contributed by atoms with Gasteiger partial charge in [-0.3, -0.25) is 9.59 Å². The number of para-hydroxylation sites is 1. The van der Waals surface area contributed by atoms with Gasteiger partial charge in [0.25, 0.3) is 0 Å². The second kappa shape index (κ2) is 6.20. The number of nitrogens with one attached hydrogen (secondary N) is 1. The van der Waals surface area contributed by atoms with Gasteiger partial charge >= 0.3 is 5.97 Å². The number of ketones is 1. The minimum atomic E-state index is -1.69. The number of allylic oxidation sites excluding steroid dienone is 1. The molecule has 1 aromatic carbocycles. The molecule has 0 aromatic heterocycles. The number of benzene rings is 1. The third-order valence-corrected chi connectivity index (χ3v) is 5.59. The lowest BCUT2D eigenvalue weighted by Crippen LogP contribution is -2.51. The van der Waals surface area contributed by atoms with Crippen molar-refractivity contribution in [1.82, 2.24) is 0 Å². The SMILES string of the molecule is CC1(C)CC(=O)C2=C(C1)OC(N)=C(C(=O)OC(C)(C)C)C21C(=O)Nc2ccccc21. The minimum Gasteiger partial charge on any atom is -0.456 e. The van der Waals surface area contributed by atoms with E-state index in [0.717, 1.165) is 0 Å². The zero-order valence-corrected chi connectivity index (χ0v) is 17.8. The van der Waals surface area contributed by atoms with Crippen LogP contribution in [0.5, 0.6) is 0 Å². The Labute approximate surface area is 175 Å². The van der Waals surface area contributed by atoms with Gasteiger partial charge < -0.3 is 20.5 Å². The number of rotatable bonds is 1. The molecule has 3 N–H and O–H groups in total. The van der Waals surface area contributed by atoms with E-state index in [0.29, 0.717) is 23.4 Å². The fourth-order valence-corrected chi connectivity index (χ4v) is 4.60. The molecule has 30 heavy (non-hydrogen) atoms. The van der Waals surface area contributed by atoms with Crippen molar-refractivity contribution < 1.29 is 23.9 Å². The first kappa shape index (κ1) is 20.2. The van der Waals surface area contributed by atoms with E-state index < -0.39 is 22.9 Å². The van der Waals surface area contributed by atoms with E-state index in [4.69, 9.17) is 15.2 Å². The van der Waals surface area contributed by atoms with E-state index in [9.17, 15) is 14.4 Å². The summed E-state index contributed by atoms with van der Waals surface area (Å²) in [4.78, 5) is 40.2. The van der Waals surface area contributed by atoms with Gasteiger partial charge in [-0.2, -0.15) is 0 Å². The molecule has 0 fully saturated rings. The number of fused-ring (bicyclic) bond motifs is 3. The number of amides is 1. The van der Waals surface area contributed by atoms with Crippen molar-refractivity contribution in [1.29, 1.82) is 0 Å². The Bertz CT molecular complexity index is 1060. The number of carbonyl (C=O) groups excluding carboxylic acids is 3. The normalized spacial score (nSPS) is 25.0. The Morgan fingerprint density at radius 2 is 1.83 bits per heavy atom. The summed E-state index contributed by atoms with van der Waals surface area (Å²) in [6.07, 6.45) is 0.654. The standard InChI is InChI=1S/C23H26N2O5/c1-21(2,3)30-19(27)17-18(24)29-15-11-22(4,5)10-14(26)16(15)23(17)12-8-6-7-9-13(12)25-20(23)28/h6-9H,10-11,24H2,1-5H3,(H,25,28). The third kappa shape index (κ3) is 2.83. The average molecular weight is 410 g/mol. The number of anilines is 1. The van der Waals surface area contributed by atoms with Crippen LogP contribution in [0.3, 0.4) is 0 Å². The molecule has 1 aromatic rings. The van der Waals surface area contributed by atoms with Gasteiger partial charge in [0.1, 0.15) is 22.3 Å². The van der Waals surface area contributed by atoms with Crippen molar-refractivity contribution in [2.45, 2.75) is 58.5 Å². The van der Waals surface area contributed by atoms with Crippen molar-refractivity contribution in [2.75, 3.05) is 5.32 Å². The number of carbonyl (C=O) groups is 3. The van der Waals surface area contributed by atoms with Crippen LogP contribution in [0.4, 0.5) is 5.69 Å². The van der Waals surface area contributed by atoms with Crippen LogP contribution in [-0.2, 0) is 29.3 Å². The van der Waals surface area contributed by atoms with Crippen molar-refractivity contribution in [3.8, 4) is 0 Å². The summed E-state index contributed by atoms with van der Waals surface area (Å²) in [5, 5.41) is 2.82. The Hall–Kier alpha value is -3.09. The lowest BCUT2D eigenvalue weighted by Gasteiger charge is -2.42. The second-order valence-electron chi connectivity index (χ2n) is 9.83. The van der Waals surface area contributed by atoms with Gasteiger partial charge in [-0.1, -0.05) is 32.0 Å². The summed E-state index contributed by atoms with van der Waals surface area (Å²) in [6, 6.07) is 7.00. The minimum absolute atomic E-state index is 0.147. The molecule has 7 nitrogen and oxygen atoms in total. The van der Waals surface area contributed by atoms with Crippen LogP contribution < -0.4 is 11.1 Å². The molecule has 1 aliphatic carbocycles. The molecule has 1 unspecified atom stereocenters. The monoisotopic (exact) mass is 410 g/mol. The fourth-order valence-electron chi connectivity index (χ4n) is 4.60. The first-order chi connectivity index (χ1) is 13.9. The molecule has 158 valence electrons. The van der Waals surface area contributed by atoms with Crippen LogP contribution in [0.2, 0.25) is 0 Å². The van der Waals surface area contributed by atoms with Gasteiger partial charge in [0.2, 0.25) is 11.8 Å². The molecule has 4 rings (SSSR count). The summed E-state index contributed by atoms with van der Waals surface area (Å²) in [7, 11) is 0. The van der Waals surface area contributed by atoms with Crippen LogP contribution in [0, 0.1) is 5.41 Å². The van der Waals surface area contributed by atoms with E-state index in [1.807, 2.05) is 13.8 Å². The number of hydrogen-bond donors (Lipinski definition) is 2. The summed E-state index contributed by atoms with van der Waals surface area (Å²) in [5.41, 5.74) is 4.44. The molecule has 0 saturated heterocycles. The zero-order valence-electron chi connectivity index (χ0n) is 17.8. The largest absolute Gasteiger partial charge is 0.456 e. The Balaban J connectivity index is 2.03. The van der Waals surface area contributed by atoms with Gasteiger partial charge in [0.15, 0.2) is 5.78 Å². The molecular weight excluding hydrogens is 384 g/mol. The summed E-state index contributed by atoms with van der Waals surface area (Å²) >= 11 is 0. The lowest BCUT2D eigenvalue weighted by atomic mass is 9.62. The van der Waals surface area contributed by atoms with E-state index in [1.54, 1.807) is 45.0 Å². The lowest BCUT2D eigenvalue weighted by molar-refractivity contribution is -0.152. The van der Waals surface area contributed by atoms with Crippen LogP contribution in [0.25, 0.3) is 0 Å². The van der Waals surface area contributed by atoms with Crippen LogP contribution in [-0.4, -0.2) is 23.3 Å². The molecule has 1 amide bonds. The van der Waals surface area contributed by atoms with Gasteiger partial charge in [-0.25, -0.2) is 4.79 Å². The molecule has 1 atom stereocenters. The molecule has 0 radical (unpaired) electrons. The smallest absolute Gasteiger partial charge is 0.341 e. The van der Waals surface area contributed by atoms with E-state index >= 15 is 0 Å².